The topological polar surface area (TPSA) is 80.6 Å². The largest absolute Gasteiger partial charge is 0.497 e. The van der Waals surface area contributed by atoms with Crippen molar-refractivity contribution in [2.24, 2.45) is 10.7 Å². The van der Waals surface area contributed by atoms with E-state index in [1.165, 1.54) is 6.20 Å². The van der Waals surface area contributed by atoms with E-state index in [4.69, 9.17) is 20.3 Å². The van der Waals surface area contributed by atoms with Crippen molar-refractivity contribution in [3.05, 3.63) is 11.7 Å². The average molecular weight is 289 g/mol. The van der Waals surface area contributed by atoms with Crippen LogP contribution in [0.5, 0.6) is 0 Å². The molecule has 6 heteroatoms. The third-order valence-corrected chi connectivity index (χ3v) is 4.90. The zero-order valence-corrected chi connectivity index (χ0v) is 13.3. The summed E-state index contributed by atoms with van der Waals surface area (Å²) in [5, 5.41) is 8.93. The summed E-state index contributed by atoms with van der Waals surface area (Å²) in [6.45, 7) is 8.01. The van der Waals surface area contributed by atoms with Crippen LogP contribution < -0.4 is 5.73 Å². The Morgan fingerprint density at radius 2 is 1.86 bits per heavy atom. The summed E-state index contributed by atoms with van der Waals surface area (Å²) in [6, 6.07) is 2.22. The van der Waals surface area contributed by atoms with Crippen LogP contribution in [-0.2, 0) is 9.31 Å². The first-order valence-electron chi connectivity index (χ1n) is 7.45. The molecule has 0 atom stereocenters. The molecule has 0 bridgehead atoms. The zero-order chi connectivity index (χ0) is 15.7. The molecular weight excluding hydrogens is 265 g/mol. The lowest BCUT2D eigenvalue weighted by molar-refractivity contribution is 0.00578. The molecule has 0 amide bonds. The number of hydrogen-bond donors (Lipinski definition) is 1. The molecule has 0 aromatic carbocycles. The number of aliphatic imine (C=N–C) groups is 1. The lowest BCUT2D eigenvalue weighted by Gasteiger charge is -2.36. The third kappa shape index (κ3) is 2.99. The molecule has 21 heavy (non-hydrogen) atoms. The van der Waals surface area contributed by atoms with Crippen molar-refractivity contribution in [2.45, 2.75) is 70.1 Å². The van der Waals surface area contributed by atoms with Crippen molar-refractivity contribution >= 4 is 13.3 Å². The number of nitrogens with two attached hydrogens (primary N) is 1. The second-order valence-corrected chi connectivity index (χ2v) is 6.93. The lowest BCUT2D eigenvalue weighted by Crippen LogP contribution is -2.41. The van der Waals surface area contributed by atoms with E-state index in [1.807, 2.05) is 27.7 Å². The number of rotatable bonds is 4. The predicted octanol–water partition coefficient (Wildman–Crippen LogP) is 2.37. The molecule has 1 aliphatic heterocycles. The summed E-state index contributed by atoms with van der Waals surface area (Å²) in [5.74, 6) is 0. The summed E-state index contributed by atoms with van der Waals surface area (Å²) in [4.78, 5) is 4.61. The monoisotopic (exact) mass is 289 g/mol. The fraction of sp³-hybridized carbons (Fsp3) is 0.733. The van der Waals surface area contributed by atoms with Crippen molar-refractivity contribution in [3.8, 4) is 6.07 Å². The standard InChI is InChI=1S/C15H24BN3O2/c1-13(2)14(3,4)21-16(20-13)12(10-18)11-19-15(8-9-17)6-5-7-15/h10-11H,5-8,18H2,1-4H3. The Bertz CT molecular complexity index is 486. The molecule has 1 heterocycles. The summed E-state index contributed by atoms with van der Waals surface area (Å²) in [7, 11) is -0.511. The maximum atomic E-state index is 8.93. The van der Waals surface area contributed by atoms with Crippen molar-refractivity contribution in [1.29, 1.82) is 5.26 Å². The Balaban J connectivity index is 2.11. The molecule has 2 N–H and O–H groups in total. The molecule has 1 saturated carbocycles. The van der Waals surface area contributed by atoms with Gasteiger partial charge in [0.2, 0.25) is 0 Å². The summed E-state index contributed by atoms with van der Waals surface area (Å²) < 4.78 is 11.9. The SMILES string of the molecule is CC1(C)OB(C(C=NC2(CC#N)CCC2)=CN)OC1(C)C. The summed E-state index contributed by atoms with van der Waals surface area (Å²) in [5.41, 5.74) is 5.39. The van der Waals surface area contributed by atoms with Gasteiger partial charge in [0.05, 0.1) is 29.2 Å². The van der Waals surface area contributed by atoms with E-state index in [2.05, 4.69) is 11.1 Å². The van der Waals surface area contributed by atoms with Gasteiger partial charge in [-0.2, -0.15) is 5.26 Å². The molecule has 1 aliphatic carbocycles. The fourth-order valence-corrected chi connectivity index (χ4v) is 2.46. The minimum atomic E-state index is -0.511. The van der Waals surface area contributed by atoms with Gasteiger partial charge in [0.25, 0.3) is 0 Å². The van der Waals surface area contributed by atoms with Crippen molar-refractivity contribution in [2.75, 3.05) is 0 Å². The van der Waals surface area contributed by atoms with Gasteiger partial charge in [-0.1, -0.05) is 0 Å². The molecule has 2 rings (SSSR count). The maximum absolute atomic E-state index is 8.93. The maximum Gasteiger partial charge on any atom is 0.497 e. The van der Waals surface area contributed by atoms with Crippen LogP contribution in [0.1, 0.15) is 53.4 Å². The van der Waals surface area contributed by atoms with Crippen LogP contribution in [0.15, 0.2) is 16.7 Å². The van der Waals surface area contributed by atoms with Crippen LogP contribution >= 0.6 is 0 Å². The molecule has 2 aliphatic rings. The van der Waals surface area contributed by atoms with Crippen LogP contribution in [-0.4, -0.2) is 30.1 Å². The first kappa shape index (κ1) is 16.1. The normalized spacial score (nSPS) is 26.6. The van der Waals surface area contributed by atoms with E-state index in [-0.39, 0.29) is 5.54 Å². The van der Waals surface area contributed by atoms with E-state index in [1.54, 1.807) is 6.21 Å². The Hall–Kier alpha value is -1.32. The highest BCUT2D eigenvalue weighted by Crippen LogP contribution is 2.40. The molecule has 114 valence electrons. The van der Waals surface area contributed by atoms with E-state index in [9.17, 15) is 0 Å². The fourth-order valence-electron chi connectivity index (χ4n) is 2.46. The molecule has 0 unspecified atom stereocenters. The molecule has 0 aromatic heterocycles. The highest BCUT2D eigenvalue weighted by Gasteiger charge is 2.52. The zero-order valence-electron chi connectivity index (χ0n) is 13.3. The predicted molar refractivity (Wildman–Crippen MR) is 83.7 cm³/mol. The van der Waals surface area contributed by atoms with Crippen molar-refractivity contribution < 1.29 is 9.31 Å². The van der Waals surface area contributed by atoms with Gasteiger partial charge in [0.1, 0.15) is 0 Å². The van der Waals surface area contributed by atoms with Gasteiger partial charge in [0, 0.05) is 11.7 Å². The van der Waals surface area contributed by atoms with Crippen LogP contribution in [0.4, 0.5) is 0 Å². The minimum absolute atomic E-state index is 0.230. The highest BCUT2D eigenvalue weighted by atomic mass is 16.7. The van der Waals surface area contributed by atoms with E-state index < -0.39 is 18.3 Å². The minimum Gasteiger partial charge on any atom is -0.405 e. The van der Waals surface area contributed by atoms with Gasteiger partial charge in [-0.05, 0) is 53.2 Å². The molecule has 0 radical (unpaired) electrons. The van der Waals surface area contributed by atoms with Gasteiger partial charge in [-0.3, -0.25) is 4.99 Å². The van der Waals surface area contributed by atoms with E-state index in [0.29, 0.717) is 11.9 Å². The first-order valence-corrected chi connectivity index (χ1v) is 7.45. The van der Waals surface area contributed by atoms with E-state index >= 15 is 0 Å². The highest BCUT2D eigenvalue weighted by molar-refractivity contribution is 6.60. The van der Waals surface area contributed by atoms with Crippen LogP contribution in [0.3, 0.4) is 0 Å². The molecule has 1 saturated heterocycles. The molecular formula is C15H24BN3O2. The first-order chi connectivity index (χ1) is 9.75. The Labute approximate surface area is 127 Å². The smallest absolute Gasteiger partial charge is 0.405 e. The average Bonchev–Trinajstić information content (AvgIpc) is 2.55. The van der Waals surface area contributed by atoms with Crippen molar-refractivity contribution in [1.82, 2.24) is 0 Å². The number of allylic oxidation sites excluding steroid dienone is 1. The number of hydrogen-bond acceptors (Lipinski definition) is 5. The second kappa shape index (κ2) is 5.47. The van der Waals surface area contributed by atoms with Crippen molar-refractivity contribution in [3.63, 3.8) is 0 Å². The quantitative estimate of drug-likeness (QED) is 0.636. The number of nitriles is 1. The molecule has 0 aromatic rings. The van der Waals surface area contributed by atoms with Crippen LogP contribution in [0.25, 0.3) is 0 Å². The van der Waals surface area contributed by atoms with Crippen LogP contribution in [0.2, 0.25) is 0 Å². The Kier molecular flexibility index (Phi) is 4.18. The van der Waals surface area contributed by atoms with Crippen LogP contribution in [0, 0.1) is 11.3 Å². The van der Waals surface area contributed by atoms with Gasteiger partial charge in [-0.15, -0.1) is 0 Å². The Morgan fingerprint density at radius 3 is 2.24 bits per heavy atom. The Morgan fingerprint density at radius 1 is 1.29 bits per heavy atom. The molecule has 2 fully saturated rings. The summed E-state index contributed by atoms with van der Waals surface area (Å²) in [6.07, 6.45) is 6.68. The van der Waals surface area contributed by atoms with Gasteiger partial charge in [0.15, 0.2) is 0 Å². The van der Waals surface area contributed by atoms with E-state index in [0.717, 1.165) is 19.3 Å². The summed E-state index contributed by atoms with van der Waals surface area (Å²) >= 11 is 0. The number of nitrogens with zero attached hydrogens (tertiary/aromatic N) is 2. The molecule has 5 nitrogen and oxygen atoms in total. The van der Waals surface area contributed by atoms with Gasteiger partial charge < -0.3 is 15.0 Å². The van der Waals surface area contributed by atoms with Gasteiger partial charge >= 0.3 is 7.12 Å². The third-order valence-electron chi connectivity index (χ3n) is 4.90. The van der Waals surface area contributed by atoms with Gasteiger partial charge in [-0.25, -0.2) is 0 Å². The second-order valence-electron chi connectivity index (χ2n) is 6.93. The molecule has 0 spiro atoms. The lowest BCUT2D eigenvalue weighted by atomic mass is 9.74.